The molecular formula is C14H10ClFN2OS. The van der Waals surface area contributed by atoms with Gasteiger partial charge in [-0.15, -0.1) is 11.3 Å². The van der Waals surface area contributed by atoms with Gasteiger partial charge < -0.3 is 5.32 Å². The van der Waals surface area contributed by atoms with Crippen molar-refractivity contribution in [2.24, 2.45) is 0 Å². The molecule has 0 aliphatic rings. The van der Waals surface area contributed by atoms with Crippen molar-refractivity contribution in [2.75, 3.05) is 5.32 Å². The van der Waals surface area contributed by atoms with E-state index < -0.39 is 11.7 Å². The Morgan fingerprint density at radius 1 is 1.45 bits per heavy atom. The van der Waals surface area contributed by atoms with Crippen LogP contribution < -0.4 is 5.32 Å². The fourth-order valence-electron chi connectivity index (χ4n) is 1.69. The second-order valence-electron chi connectivity index (χ2n) is 4.18. The highest BCUT2D eigenvalue weighted by molar-refractivity contribution is 7.16. The largest absolute Gasteiger partial charge is 0.312 e. The van der Waals surface area contributed by atoms with Crippen LogP contribution in [-0.2, 0) is 0 Å². The zero-order chi connectivity index (χ0) is 14.9. The summed E-state index contributed by atoms with van der Waals surface area (Å²) in [5.41, 5.74) is 1.08. The van der Waals surface area contributed by atoms with Crippen LogP contribution >= 0.6 is 22.9 Å². The number of thiophene rings is 1. The van der Waals surface area contributed by atoms with Crippen molar-refractivity contribution in [3.8, 4) is 6.07 Å². The molecule has 0 saturated heterocycles. The first-order chi connectivity index (χ1) is 9.43. The van der Waals surface area contributed by atoms with Crippen molar-refractivity contribution in [3.05, 3.63) is 50.6 Å². The van der Waals surface area contributed by atoms with Gasteiger partial charge in [0.05, 0.1) is 11.1 Å². The first-order valence-corrected chi connectivity index (χ1v) is 6.90. The van der Waals surface area contributed by atoms with Gasteiger partial charge >= 0.3 is 0 Å². The van der Waals surface area contributed by atoms with E-state index in [1.165, 1.54) is 23.5 Å². The molecule has 1 heterocycles. The van der Waals surface area contributed by atoms with Gasteiger partial charge in [-0.05, 0) is 37.6 Å². The molecule has 1 aromatic carbocycles. The van der Waals surface area contributed by atoms with E-state index >= 15 is 0 Å². The predicted octanol–water partition coefficient (Wildman–Crippen LogP) is 4.28. The third kappa shape index (κ3) is 2.67. The lowest BCUT2D eigenvalue weighted by Crippen LogP contribution is -2.13. The van der Waals surface area contributed by atoms with Crippen LogP contribution in [0.2, 0.25) is 5.02 Å². The fraction of sp³-hybridized carbons (Fsp3) is 0.143. The van der Waals surface area contributed by atoms with E-state index in [2.05, 4.69) is 5.32 Å². The van der Waals surface area contributed by atoms with Crippen LogP contribution in [-0.4, -0.2) is 5.91 Å². The average molecular weight is 309 g/mol. The number of hydrogen-bond acceptors (Lipinski definition) is 3. The van der Waals surface area contributed by atoms with Gasteiger partial charge in [0.1, 0.15) is 16.9 Å². The Balaban J connectivity index is 2.36. The van der Waals surface area contributed by atoms with Crippen molar-refractivity contribution < 1.29 is 9.18 Å². The second-order valence-corrected chi connectivity index (χ2v) is 5.84. The summed E-state index contributed by atoms with van der Waals surface area (Å²) in [5.74, 6) is -1.28. The highest BCUT2D eigenvalue weighted by Gasteiger charge is 2.17. The Labute approximate surface area is 124 Å². The van der Waals surface area contributed by atoms with Gasteiger partial charge in [0.15, 0.2) is 0 Å². The Kier molecular flexibility index (Phi) is 4.07. The van der Waals surface area contributed by atoms with Crippen LogP contribution in [0.3, 0.4) is 0 Å². The second kappa shape index (κ2) is 5.61. The summed E-state index contributed by atoms with van der Waals surface area (Å²) < 4.78 is 13.6. The summed E-state index contributed by atoms with van der Waals surface area (Å²) >= 11 is 7.04. The van der Waals surface area contributed by atoms with E-state index in [1.54, 1.807) is 6.92 Å². The summed E-state index contributed by atoms with van der Waals surface area (Å²) in [6.07, 6.45) is 0. The number of aryl methyl sites for hydroxylation is 1. The third-order valence-corrected chi connectivity index (χ3v) is 4.25. The smallest absolute Gasteiger partial charge is 0.259 e. The zero-order valence-electron chi connectivity index (χ0n) is 10.8. The SMILES string of the molecule is Cc1sc(NC(=O)c2cc(Cl)ccc2F)c(C#N)c1C. The monoisotopic (exact) mass is 308 g/mol. The van der Waals surface area contributed by atoms with Crippen molar-refractivity contribution in [3.63, 3.8) is 0 Å². The molecular weight excluding hydrogens is 299 g/mol. The quantitative estimate of drug-likeness (QED) is 0.900. The standard InChI is InChI=1S/C14H10ClFN2OS/c1-7-8(2)20-14(11(7)6-17)18-13(19)10-5-9(15)3-4-12(10)16/h3-5H,1-2H3,(H,18,19). The maximum absolute atomic E-state index is 13.6. The number of halogens is 2. The van der Waals surface area contributed by atoms with Crippen LogP contribution in [0.5, 0.6) is 0 Å². The summed E-state index contributed by atoms with van der Waals surface area (Å²) in [5, 5.41) is 12.4. The molecule has 0 saturated carbocycles. The number of hydrogen-bond donors (Lipinski definition) is 1. The Hall–Kier alpha value is -1.90. The lowest BCUT2D eigenvalue weighted by atomic mass is 10.1. The maximum atomic E-state index is 13.6. The zero-order valence-corrected chi connectivity index (χ0v) is 12.3. The van der Waals surface area contributed by atoms with E-state index in [-0.39, 0.29) is 10.6 Å². The number of carbonyl (C=O) groups is 1. The van der Waals surface area contributed by atoms with E-state index in [1.807, 2.05) is 13.0 Å². The van der Waals surface area contributed by atoms with Crippen LogP contribution in [0.25, 0.3) is 0 Å². The number of amides is 1. The fourth-order valence-corrected chi connectivity index (χ4v) is 2.87. The maximum Gasteiger partial charge on any atom is 0.259 e. The molecule has 102 valence electrons. The summed E-state index contributed by atoms with van der Waals surface area (Å²) in [6, 6.07) is 5.80. The topological polar surface area (TPSA) is 52.9 Å². The van der Waals surface area contributed by atoms with Gasteiger partial charge in [-0.25, -0.2) is 4.39 Å². The minimum atomic E-state index is -0.657. The van der Waals surface area contributed by atoms with E-state index in [9.17, 15) is 9.18 Å². The summed E-state index contributed by atoms with van der Waals surface area (Å²) in [7, 11) is 0. The van der Waals surface area contributed by atoms with Crippen molar-refractivity contribution in [1.29, 1.82) is 5.26 Å². The number of nitrogens with zero attached hydrogens (tertiary/aromatic N) is 1. The number of benzene rings is 1. The van der Waals surface area contributed by atoms with E-state index in [0.29, 0.717) is 10.6 Å². The lowest BCUT2D eigenvalue weighted by Gasteiger charge is -2.05. The number of rotatable bonds is 2. The predicted molar refractivity (Wildman–Crippen MR) is 77.9 cm³/mol. The summed E-state index contributed by atoms with van der Waals surface area (Å²) in [6.45, 7) is 3.66. The highest BCUT2D eigenvalue weighted by atomic mass is 35.5. The molecule has 6 heteroatoms. The van der Waals surface area contributed by atoms with Gasteiger partial charge in [0.25, 0.3) is 5.91 Å². The van der Waals surface area contributed by atoms with Crippen LogP contribution in [0, 0.1) is 31.0 Å². The van der Waals surface area contributed by atoms with E-state index in [0.717, 1.165) is 16.5 Å². The Morgan fingerprint density at radius 2 is 2.15 bits per heavy atom. The normalized spacial score (nSPS) is 10.2. The minimum Gasteiger partial charge on any atom is -0.312 e. The molecule has 20 heavy (non-hydrogen) atoms. The van der Waals surface area contributed by atoms with Gasteiger partial charge in [-0.3, -0.25) is 4.79 Å². The van der Waals surface area contributed by atoms with E-state index in [4.69, 9.17) is 16.9 Å². The summed E-state index contributed by atoms with van der Waals surface area (Å²) in [4.78, 5) is 13.0. The first-order valence-electron chi connectivity index (χ1n) is 5.70. The van der Waals surface area contributed by atoms with Gasteiger partial charge in [0.2, 0.25) is 0 Å². The van der Waals surface area contributed by atoms with Crippen LogP contribution in [0.15, 0.2) is 18.2 Å². The van der Waals surface area contributed by atoms with Gasteiger partial charge in [-0.2, -0.15) is 5.26 Å². The molecule has 0 atom stereocenters. The Bertz CT molecular complexity index is 734. The molecule has 2 aromatic rings. The molecule has 0 bridgehead atoms. The van der Waals surface area contributed by atoms with Crippen LogP contribution in [0.4, 0.5) is 9.39 Å². The van der Waals surface area contributed by atoms with Gasteiger partial charge in [0, 0.05) is 9.90 Å². The molecule has 0 aliphatic heterocycles. The van der Waals surface area contributed by atoms with Crippen LogP contribution in [0.1, 0.15) is 26.4 Å². The van der Waals surface area contributed by atoms with Crippen molar-refractivity contribution in [2.45, 2.75) is 13.8 Å². The van der Waals surface area contributed by atoms with Crippen molar-refractivity contribution in [1.82, 2.24) is 0 Å². The number of nitriles is 1. The lowest BCUT2D eigenvalue weighted by molar-refractivity contribution is 0.102. The molecule has 0 fully saturated rings. The average Bonchev–Trinajstić information content (AvgIpc) is 2.67. The molecule has 0 radical (unpaired) electrons. The molecule has 0 aliphatic carbocycles. The Morgan fingerprint density at radius 3 is 2.80 bits per heavy atom. The number of carbonyl (C=O) groups excluding carboxylic acids is 1. The first kappa shape index (κ1) is 14.5. The minimum absolute atomic E-state index is 0.148. The van der Waals surface area contributed by atoms with Gasteiger partial charge in [-0.1, -0.05) is 11.6 Å². The molecule has 3 nitrogen and oxygen atoms in total. The molecule has 1 amide bonds. The molecule has 0 unspecified atom stereocenters. The molecule has 1 aromatic heterocycles. The van der Waals surface area contributed by atoms with Crippen molar-refractivity contribution >= 4 is 33.8 Å². The third-order valence-electron chi connectivity index (χ3n) is 2.90. The number of anilines is 1. The molecule has 0 spiro atoms. The molecule has 2 rings (SSSR count). The molecule has 1 N–H and O–H groups in total. The number of nitrogens with one attached hydrogen (secondary N) is 1. The highest BCUT2D eigenvalue weighted by Crippen LogP contribution is 2.32.